The van der Waals surface area contributed by atoms with Crippen molar-refractivity contribution in [3.05, 3.63) is 0 Å². The number of alkyl carbamates (subject to hydrolysis) is 1. The van der Waals surface area contributed by atoms with Crippen LogP contribution in [-0.4, -0.2) is 52.7 Å². The van der Waals surface area contributed by atoms with Crippen molar-refractivity contribution in [3.63, 3.8) is 0 Å². The van der Waals surface area contributed by atoms with Gasteiger partial charge in [-0.15, -0.1) is 0 Å². The zero-order chi connectivity index (χ0) is 17.9. The monoisotopic (exact) mass is 330 g/mol. The minimum absolute atomic E-state index is 0.0261. The highest BCUT2D eigenvalue weighted by atomic mass is 16.6. The molecule has 1 amide bonds. The fourth-order valence-corrected chi connectivity index (χ4v) is 3.04. The molecule has 6 nitrogen and oxygen atoms in total. The fourth-order valence-electron chi connectivity index (χ4n) is 3.04. The van der Waals surface area contributed by atoms with Crippen LogP contribution in [0.4, 0.5) is 4.79 Å². The number of amides is 1. The first-order valence-corrected chi connectivity index (χ1v) is 8.37. The fraction of sp³-hybridized carbons (Fsp3) is 0.941. The highest BCUT2D eigenvalue weighted by Crippen LogP contribution is 2.33. The van der Waals surface area contributed by atoms with E-state index in [1.54, 1.807) is 0 Å². The lowest BCUT2D eigenvalue weighted by Crippen LogP contribution is -2.66. The first kappa shape index (κ1) is 20.2. The highest BCUT2D eigenvalue weighted by molar-refractivity contribution is 5.69. The second-order valence-electron chi connectivity index (χ2n) is 8.98. The van der Waals surface area contributed by atoms with E-state index >= 15 is 0 Å². The summed E-state index contributed by atoms with van der Waals surface area (Å²) < 4.78 is 5.25. The second-order valence-corrected chi connectivity index (χ2v) is 8.98. The van der Waals surface area contributed by atoms with Gasteiger partial charge < -0.3 is 25.6 Å². The summed E-state index contributed by atoms with van der Waals surface area (Å²) in [7, 11) is 0. The number of hydrogen-bond donors (Lipinski definition) is 4. The average Bonchev–Trinajstić information content (AvgIpc) is 2.30. The van der Waals surface area contributed by atoms with Crippen molar-refractivity contribution in [2.75, 3.05) is 13.2 Å². The van der Waals surface area contributed by atoms with Crippen molar-refractivity contribution < 1.29 is 19.7 Å². The van der Waals surface area contributed by atoms with Crippen LogP contribution in [0.25, 0.3) is 0 Å². The molecule has 0 bridgehead atoms. The molecule has 23 heavy (non-hydrogen) atoms. The number of nitrogens with one attached hydrogen (secondary N) is 2. The standard InChI is InChI=1S/C17H34N2O4/c1-15(2,3)7-13(10-20)18-12-8-17(9-12,11-21)19-14(22)23-16(4,5)6/h12-13,18,20-21H,7-11H2,1-6H3,(H,19,22). The molecule has 0 heterocycles. The largest absolute Gasteiger partial charge is 0.444 e. The lowest BCUT2D eigenvalue weighted by Gasteiger charge is -2.48. The molecule has 0 spiro atoms. The van der Waals surface area contributed by atoms with Gasteiger partial charge in [0.25, 0.3) is 0 Å². The van der Waals surface area contributed by atoms with Crippen LogP contribution in [0.3, 0.4) is 0 Å². The van der Waals surface area contributed by atoms with Gasteiger partial charge in [0.05, 0.1) is 18.8 Å². The van der Waals surface area contributed by atoms with E-state index in [-0.39, 0.29) is 30.7 Å². The second kappa shape index (κ2) is 7.36. The number of ether oxygens (including phenoxy) is 1. The van der Waals surface area contributed by atoms with E-state index in [4.69, 9.17) is 4.74 Å². The Morgan fingerprint density at radius 1 is 1.22 bits per heavy atom. The predicted octanol–water partition coefficient (Wildman–Crippen LogP) is 1.79. The van der Waals surface area contributed by atoms with E-state index in [2.05, 4.69) is 31.4 Å². The van der Waals surface area contributed by atoms with Crippen molar-refractivity contribution in [1.82, 2.24) is 10.6 Å². The number of carbonyl (C=O) groups excluding carboxylic acids is 1. The Labute approximate surface area is 140 Å². The average molecular weight is 330 g/mol. The molecule has 136 valence electrons. The van der Waals surface area contributed by atoms with Crippen LogP contribution in [-0.2, 0) is 4.74 Å². The number of carbonyl (C=O) groups is 1. The maximum Gasteiger partial charge on any atom is 0.408 e. The third kappa shape index (κ3) is 7.06. The van der Waals surface area contributed by atoms with Crippen LogP contribution in [0.5, 0.6) is 0 Å². The van der Waals surface area contributed by atoms with Crippen molar-refractivity contribution in [2.24, 2.45) is 5.41 Å². The van der Waals surface area contributed by atoms with E-state index in [0.29, 0.717) is 12.8 Å². The van der Waals surface area contributed by atoms with Crippen molar-refractivity contribution >= 4 is 6.09 Å². The van der Waals surface area contributed by atoms with Crippen molar-refractivity contribution in [3.8, 4) is 0 Å². The molecule has 1 saturated carbocycles. The maximum absolute atomic E-state index is 11.9. The van der Waals surface area contributed by atoms with E-state index in [9.17, 15) is 15.0 Å². The Kier molecular flexibility index (Phi) is 6.47. The smallest absolute Gasteiger partial charge is 0.408 e. The van der Waals surface area contributed by atoms with E-state index < -0.39 is 17.2 Å². The number of aliphatic hydroxyl groups is 2. The Morgan fingerprint density at radius 2 is 1.78 bits per heavy atom. The van der Waals surface area contributed by atoms with Gasteiger partial charge in [-0.3, -0.25) is 0 Å². The van der Waals surface area contributed by atoms with Gasteiger partial charge >= 0.3 is 6.09 Å². The lowest BCUT2D eigenvalue weighted by molar-refractivity contribution is 0.0134. The molecular weight excluding hydrogens is 296 g/mol. The maximum atomic E-state index is 11.9. The quantitative estimate of drug-likeness (QED) is 0.596. The van der Waals surface area contributed by atoms with Crippen LogP contribution in [0, 0.1) is 5.41 Å². The van der Waals surface area contributed by atoms with Gasteiger partial charge in [-0.25, -0.2) is 4.79 Å². The Morgan fingerprint density at radius 3 is 2.17 bits per heavy atom. The summed E-state index contributed by atoms with van der Waals surface area (Å²) in [5, 5.41) is 25.4. The molecule has 1 unspecified atom stereocenters. The Balaban J connectivity index is 2.48. The minimum atomic E-state index is -0.623. The summed E-state index contributed by atoms with van der Waals surface area (Å²) in [5.41, 5.74) is -1.05. The summed E-state index contributed by atoms with van der Waals surface area (Å²) in [6, 6.07) is 0.204. The van der Waals surface area contributed by atoms with Gasteiger partial charge in [-0.05, 0) is 45.4 Å². The predicted molar refractivity (Wildman–Crippen MR) is 90.3 cm³/mol. The number of aliphatic hydroxyl groups excluding tert-OH is 2. The summed E-state index contributed by atoms with van der Waals surface area (Å²) in [6.45, 7) is 11.8. The molecular formula is C17H34N2O4. The molecule has 1 atom stereocenters. The van der Waals surface area contributed by atoms with Gasteiger partial charge in [0, 0.05) is 12.1 Å². The van der Waals surface area contributed by atoms with E-state index in [0.717, 1.165) is 6.42 Å². The zero-order valence-electron chi connectivity index (χ0n) is 15.4. The molecule has 0 aromatic carbocycles. The van der Waals surface area contributed by atoms with Crippen LogP contribution in [0.1, 0.15) is 60.8 Å². The summed E-state index contributed by atoms with van der Waals surface area (Å²) in [5.74, 6) is 0. The highest BCUT2D eigenvalue weighted by Gasteiger charge is 2.46. The van der Waals surface area contributed by atoms with Crippen LogP contribution < -0.4 is 10.6 Å². The van der Waals surface area contributed by atoms with Gasteiger partial charge in [-0.1, -0.05) is 20.8 Å². The van der Waals surface area contributed by atoms with Crippen molar-refractivity contribution in [1.29, 1.82) is 0 Å². The molecule has 1 rings (SSSR count). The molecule has 0 aliphatic heterocycles. The zero-order valence-corrected chi connectivity index (χ0v) is 15.4. The molecule has 1 aliphatic rings. The van der Waals surface area contributed by atoms with E-state index in [1.165, 1.54) is 0 Å². The Hall–Kier alpha value is -0.850. The normalized spacial score (nSPS) is 26.3. The molecule has 0 aromatic heterocycles. The summed E-state index contributed by atoms with van der Waals surface area (Å²) in [6.07, 6.45) is 1.62. The van der Waals surface area contributed by atoms with Gasteiger partial charge in [0.2, 0.25) is 0 Å². The van der Waals surface area contributed by atoms with E-state index in [1.807, 2.05) is 20.8 Å². The molecule has 1 fully saturated rings. The minimum Gasteiger partial charge on any atom is -0.444 e. The lowest BCUT2D eigenvalue weighted by atomic mass is 9.72. The topological polar surface area (TPSA) is 90.8 Å². The van der Waals surface area contributed by atoms with Crippen molar-refractivity contribution in [2.45, 2.75) is 84.0 Å². The van der Waals surface area contributed by atoms with Gasteiger partial charge in [0.1, 0.15) is 5.60 Å². The SMILES string of the molecule is CC(C)(C)CC(CO)NC1CC(CO)(NC(=O)OC(C)(C)C)C1. The molecule has 4 N–H and O–H groups in total. The van der Waals surface area contributed by atoms with Crippen LogP contribution in [0.2, 0.25) is 0 Å². The molecule has 0 radical (unpaired) electrons. The Bertz CT molecular complexity index is 392. The molecule has 0 saturated heterocycles. The first-order valence-electron chi connectivity index (χ1n) is 8.37. The third-order valence-corrected chi connectivity index (χ3v) is 3.89. The summed E-state index contributed by atoms with van der Waals surface area (Å²) >= 11 is 0. The van der Waals surface area contributed by atoms with Crippen LogP contribution >= 0.6 is 0 Å². The molecule has 6 heteroatoms. The number of rotatable bonds is 6. The first-order chi connectivity index (χ1) is 10.4. The number of hydrogen-bond acceptors (Lipinski definition) is 5. The third-order valence-electron chi connectivity index (χ3n) is 3.89. The summed E-state index contributed by atoms with van der Waals surface area (Å²) in [4.78, 5) is 11.9. The van der Waals surface area contributed by atoms with Gasteiger partial charge in [0.15, 0.2) is 0 Å². The molecule has 1 aliphatic carbocycles. The molecule has 0 aromatic rings. The van der Waals surface area contributed by atoms with Crippen LogP contribution in [0.15, 0.2) is 0 Å². The van der Waals surface area contributed by atoms with Gasteiger partial charge in [-0.2, -0.15) is 0 Å².